The van der Waals surface area contributed by atoms with E-state index in [0.717, 1.165) is 41.0 Å². The van der Waals surface area contributed by atoms with Crippen LogP contribution in [0.4, 0.5) is 0 Å². The van der Waals surface area contributed by atoms with Crippen LogP contribution in [-0.4, -0.2) is 47.2 Å². The summed E-state index contributed by atoms with van der Waals surface area (Å²) in [5.41, 5.74) is 3.35. The first-order valence-corrected chi connectivity index (χ1v) is 11.7. The smallest absolute Gasteiger partial charge is 0.252 e. The Morgan fingerprint density at radius 2 is 1.97 bits per heavy atom. The quantitative estimate of drug-likeness (QED) is 0.470. The second-order valence-corrected chi connectivity index (χ2v) is 9.08. The van der Waals surface area contributed by atoms with E-state index in [-0.39, 0.29) is 18.1 Å². The molecule has 4 aromatic rings. The molecule has 5 heterocycles. The van der Waals surface area contributed by atoms with Crippen LogP contribution in [0, 0.1) is 6.92 Å². The summed E-state index contributed by atoms with van der Waals surface area (Å²) in [4.78, 5) is 18.4. The van der Waals surface area contributed by atoms with Crippen LogP contribution >= 0.6 is 0 Å². The molecule has 180 valence electrons. The average Bonchev–Trinajstić information content (AvgIpc) is 3.63. The van der Waals surface area contributed by atoms with Crippen LogP contribution in [0.5, 0.6) is 11.5 Å². The summed E-state index contributed by atoms with van der Waals surface area (Å²) in [6, 6.07) is 11.5. The molecule has 35 heavy (non-hydrogen) atoms. The van der Waals surface area contributed by atoms with Gasteiger partial charge in [0, 0.05) is 32.2 Å². The molecule has 1 fully saturated rings. The average molecular weight is 475 g/mol. The Bertz CT molecular complexity index is 1400. The maximum absolute atomic E-state index is 13.7. The zero-order chi connectivity index (χ0) is 24.0. The summed E-state index contributed by atoms with van der Waals surface area (Å²) >= 11 is 0. The number of nitrogens with one attached hydrogen (secondary N) is 1. The molecule has 0 radical (unpaired) electrons. The Hall–Kier alpha value is -3.85. The van der Waals surface area contributed by atoms with Crippen molar-refractivity contribution in [1.82, 2.24) is 20.1 Å². The van der Waals surface area contributed by atoms with Crippen molar-refractivity contribution in [3.63, 3.8) is 0 Å². The minimum absolute atomic E-state index is 0.173. The highest BCUT2D eigenvalue weighted by Gasteiger charge is 2.36. The van der Waals surface area contributed by atoms with Gasteiger partial charge in [-0.3, -0.25) is 9.48 Å². The lowest BCUT2D eigenvalue weighted by molar-refractivity contribution is 0.0486. The minimum Gasteiger partial charge on any atom is -0.463 e. The van der Waals surface area contributed by atoms with E-state index in [9.17, 15) is 4.79 Å². The molecular weight excluding hydrogens is 448 g/mol. The van der Waals surface area contributed by atoms with Crippen molar-refractivity contribution >= 4 is 16.9 Å². The molecule has 1 saturated heterocycles. The summed E-state index contributed by atoms with van der Waals surface area (Å²) in [6.07, 6.45) is 3.18. The molecular formula is C26H26N4O5. The third-order valence-electron chi connectivity index (χ3n) is 7.01. The molecule has 3 aromatic heterocycles. The number of aryl methyl sites for hydroxylation is 2. The number of rotatable bonds is 5. The van der Waals surface area contributed by atoms with E-state index < -0.39 is 0 Å². The van der Waals surface area contributed by atoms with E-state index in [1.54, 1.807) is 23.1 Å². The second kappa shape index (κ2) is 8.42. The van der Waals surface area contributed by atoms with Gasteiger partial charge >= 0.3 is 0 Å². The van der Waals surface area contributed by atoms with Gasteiger partial charge in [0.2, 0.25) is 6.79 Å². The molecule has 0 spiro atoms. The summed E-state index contributed by atoms with van der Waals surface area (Å²) in [7, 11) is 1.83. The Morgan fingerprint density at radius 3 is 2.77 bits per heavy atom. The highest BCUT2D eigenvalue weighted by atomic mass is 16.7. The van der Waals surface area contributed by atoms with Crippen LogP contribution < -0.4 is 14.8 Å². The zero-order valence-electron chi connectivity index (χ0n) is 19.7. The highest BCUT2D eigenvalue weighted by molar-refractivity contribution is 6.07. The van der Waals surface area contributed by atoms with Crippen molar-refractivity contribution < 1.29 is 23.4 Å². The van der Waals surface area contributed by atoms with Crippen molar-refractivity contribution in [2.24, 2.45) is 7.05 Å². The number of aromatic nitrogens is 3. The summed E-state index contributed by atoms with van der Waals surface area (Å²) in [5, 5.41) is 8.46. The molecule has 0 unspecified atom stereocenters. The molecule has 2 aliphatic rings. The molecule has 0 aliphatic carbocycles. The van der Waals surface area contributed by atoms with Gasteiger partial charge < -0.3 is 23.9 Å². The molecule has 0 saturated carbocycles. The summed E-state index contributed by atoms with van der Waals surface area (Å²) < 4.78 is 24.0. The van der Waals surface area contributed by atoms with Gasteiger partial charge in [0.15, 0.2) is 22.9 Å². The Balaban J connectivity index is 1.35. The number of benzene rings is 1. The summed E-state index contributed by atoms with van der Waals surface area (Å²) in [6.45, 7) is 3.85. The normalized spacial score (nSPS) is 16.5. The van der Waals surface area contributed by atoms with Crippen molar-refractivity contribution in [2.45, 2.75) is 25.2 Å². The number of hydrogen-bond acceptors (Lipinski definition) is 7. The van der Waals surface area contributed by atoms with Crippen LogP contribution in [0.15, 0.2) is 47.1 Å². The Morgan fingerprint density at radius 1 is 1.14 bits per heavy atom. The van der Waals surface area contributed by atoms with Crippen molar-refractivity contribution in [3.05, 3.63) is 59.5 Å². The van der Waals surface area contributed by atoms with E-state index in [1.807, 2.05) is 32.2 Å². The molecule has 2 aliphatic heterocycles. The Labute approximate surface area is 202 Å². The fraction of sp³-hybridized carbons (Fsp3) is 0.346. The predicted octanol–water partition coefficient (Wildman–Crippen LogP) is 3.74. The fourth-order valence-electron chi connectivity index (χ4n) is 5.08. The number of furan rings is 1. The van der Waals surface area contributed by atoms with Crippen LogP contribution in [0.25, 0.3) is 22.5 Å². The monoisotopic (exact) mass is 474 g/mol. The van der Waals surface area contributed by atoms with Gasteiger partial charge in [-0.1, -0.05) is 6.07 Å². The maximum atomic E-state index is 13.7. The molecule has 1 aromatic carbocycles. The zero-order valence-corrected chi connectivity index (χ0v) is 19.7. The molecule has 1 amide bonds. The number of carbonyl (C=O) groups is 1. The molecule has 6 rings (SSSR count). The standard InChI is InChI=1S/C26H26N4O5/c1-16-23-18(13-19(20-4-3-9-33-20)28-24(23)30(2)29-16)25(31)27-14-26(7-10-32-11-8-26)17-5-6-21-22(12-17)35-15-34-21/h3-6,9,12-13H,7-8,10-11,14-15H2,1-2H3,(H,27,31). The molecule has 1 N–H and O–H groups in total. The van der Waals surface area contributed by atoms with E-state index in [2.05, 4.69) is 16.5 Å². The predicted molar refractivity (Wildman–Crippen MR) is 128 cm³/mol. The van der Waals surface area contributed by atoms with E-state index >= 15 is 0 Å². The lowest BCUT2D eigenvalue weighted by Crippen LogP contribution is -2.44. The van der Waals surface area contributed by atoms with Crippen LogP contribution in [0.3, 0.4) is 0 Å². The van der Waals surface area contributed by atoms with E-state index in [0.29, 0.717) is 42.4 Å². The van der Waals surface area contributed by atoms with Crippen LogP contribution in [0.1, 0.15) is 34.5 Å². The Kier molecular flexibility index (Phi) is 5.21. The molecule has 9 nitrogen and oxygen atoms in total. The first-order chi connectivity index (χ1) is 17.0. The SMILES string of the molecule is Cc1nn(C)c2nc(-c3ccco3)cc(C(=O)NCC3(c4ccc5c(c4)OCO5)CCOCC3)c12. The number of pyridine rings is 1. The van der Waals surface area contributed by atoms with Gasteiger partial charge in [-0.15, -0.1) is 0 Å². The second-order valence-electron chi connectivity index (χ2n) is 9.08. The van der Waals surface area contributed by atoms with Crippen molar-refractivity contribution in [2.75, 3.05) is 26.6 Å². The van der Waals surface area contributed by atoms with Gasteiger partial charge in [-0.2, -0.15) is 5.10 Å². The first-order valence-electron chi connectivity index (χ1n) is 11.7. The van der Waals surface area contributed by atoms with Gasteiger partial charge in [0.1, 0.15) is 5.69 Å². The van der Waals surface area contributed by atoms with E-state index in [4.69, 9.17) is 23.6 Å². The van der Waals surface area contributed by atoms with Gasteiger partial charge in [-0.25, -0.2) is 4.98 Å². The molecule has 0 bridgehead atoms. The number of amides is 1. The number of fused-ring (bicyclic) bond motifs is 2. The highest BCUT2D eigenvalue weighted by Crippen LogP contribution is 2.40. The number of ether oxygens (including phenoxy) is 3. The third kappa shape index (κ3) is 3.72. The van der Waals surface area contributed by atoms with Crippen molar-refractivity contribution in [1.29, 1.82) is 0 Å². The number of carbonyl (C=O) groups excluding carboxylic acids is 1. The first kappa shape index (κ1) is 21.7. The number of hydrogen-bond donors (Lipinski definition) is 1. The number of nitrogens with zero attached hydrogens (tertiary/aromatic N) is 3. The summed E-state index contributed by atoms with van der Waals surface area (Å²) in [5.74, 6) is 1.91. The fourth-order valence-corrected chi connectivity index (χ4v) is 5.08. The maximum Gasteiger partial charge on any atom is 0.252 e. The van der Waals surface area contributed by atoms with Crippen LogP contribution in [-0.2, 0) is 17.2 Å². The molecule has 9 heteroatoms. The van der Waals surface area contributed by atoms with Gasteiger partial charge in [0.05, 0.1) is 22.9 Å². The minimum atomic E-state index is -0.269. The van der Waals surface area contributed by atoms with Gasteiger partial charge in [0.25, 0.3) is 5.91 Å². The topological polar surface area (TPSA) is 101 Å². The van der Waals surface area contributed by atoms with Gasteiger partial charge in [-0.05, 0) is 55.7 Å². The largest absolute Gasteiger partial charge is 0.463 e. The van der Waals surface area contributed by atoms with Crippen molar-refractivity contribution in [3.8, 4) is 23.0 Å². The lowest BCUT2D eigenvalue weighted by Gasteiger charge is -2.38. The lowest BCUT2D eigenvalue weighted by atomic mass is 9.74. The van der Waals surface area contributed by atoms with E-state index in [1.165, 1.54) is 0 Å². The molecule has 0 atom stereocenters. The third-order valence-corrected chi connectivity index (χ3v) is 7.01. The van der Waals surface area contributed by atoms with Crippen LogP contribution in [0.2, 0.25) is 0 Å².